The SMILES string of the molecule is C=C1CC(=O)C(C)C1C. The van der Waals surface area contributed by atoms with Gasteiger partial charge in [0.1, 0.15) is 5.78 Å². The summed E-state index contributed by atoms with van der Waals surface area (Å²) in [6.45, 7) is 7.86. The second-order valence-electron chi connectivity index (χ2n) is 2.88. The predicted octanol–water partition coefficient (Wildman–Crippen LogP) is 1.79. The minimum atomic E-state index is 0.220. The van der Waals surface area contributed by atoms with Crippen LogP contribution in [0.1, 0.15) is 20.3 Å². The molecule has 2 atom stereocenters. The van der Waals surface area contributed by atoms with Crippen LogP contribution < -0.4 is 0 Å². The predicted molar refractivity (Wildman–Crippen MR) is 37.1 cm³/mol. The molecule has 1 aliphatic rings. The summed E-state index contributed by atoms with van der Waals surface area (Å²) in [5, 5.41) is 0. The van der Waals surface area contributed by atoms with Crippen molar-refractivity contribution in [1.29, 1.82) is 0 Å². The highest BCUT2D eigenvalue weighted by Crippen LogP contribution is 2.31. The van der Waals surface area contributed by atoms with Crippen LogP contribution in [0.4, 0.5) is 0 Å². The lowest BCUT2D eigenvalue weighted by molar-refractivity contribution is -0.120. The molecule has 0 radical (unpaired) electrons. The van der Waals surface area contributed by atoms with Gasteiger partial charge in [0.25, 0.3) is 0 Å². The Kier molecular flexibility index (Phi) is 1.43. The fraction of sp³-hybridized carbons (Fsp3) is 0.625. The van der Waals surface area contributed by atoms with Gasteiger partial charge in [-0.2, -0.15) is 0 Å². The van der Waals surface area contributed by atoms with E-state index in [0.29, 0.717) is 18.1 Å². The number of allylic oxidation sites excluding steroid dienone is 1. The summed E-state index contributed by atoms with van der Waals surface area (Å²) < 4.78 is 0. The second-order valence-corrected chi connectivity index (χ2v) is 2.88. The highest BCUT2D eigenvalue weighted by Gasteiger charge is 2.29. The first-order valence-corrected chi connectivity index (χ1v) is 3.33. The van der Waals surface area contributed by atoms with Crippen LogP contribution in [-0.2, 0) is 4.79 Å². The van der Waals surface area contributed by atoms with E-state index in [9.17, 15) is 4.79 Å². The smallest absolute Gasteiger partial charge is 0.140 e. The first-order valence-electron chi connectivity index (χ1n) is 3.33. The maximum Gasteiger partial charge on any atom is 0.140 e. The van der Waals surface area contributed by atoms with E-state index in [4.69, 9.17) is 0 Å². The topological polar surface area (TPSA) is 17.1 Å². The van der Waals surface area contributed by atoms with E-state index >= 15 is 0 Å². The lowest BCUT2D eigenvalue weighted by Crippen LogP contribution is -2.06. The average molecular weight is 124 g/mol. The van der Waals surface area contributed by atoms with Gasteiger partial charge in [0.05, 0.1) is 0 Å². The van der Waals surface area contributed by atoms with Gasteiger partial charge in [-0.25, -0.2) is 0 Å². The number of ketones is 1. The van der Waals surface area contributed by atoms with E-state index in [0.717, 1.165) is 5.57 Å². The van der Waals surface area contributed by atoms with Crippen molar-refractivity contribution >= 4 is 5.78 Å². The van der Waals surface area contributed by atoms with Crippen LogP contribution in [-0.4, -0.2) is 5.78 Å². The van der Waals surface area contributed by atoms with Crippen molar-refractivity contribution in [2.45, 2.75) is 20.3 Å². The fourth-order valence-electron chi connectivity index (χ4n) is 1.18. The van der Waals surface area contributed by atoms with E-state index in [-0.39, 0.29) is 5.92 Å². The molecule has 0 saturated heterocycles. The minimum absolute atomic E-state index is 0.220. The molecular weight excluding hydrogens is 112 g/mol. The Balaban J connectivity index is 2.77. The Morgan fingerprint density at radius 2 is 2.00 bits per heavy atom. The Labute approximate surface area is 55.8 Å². The van der Waals surface area contributed by atoms with Crippen molar-refractivity contribution in [2.75, 3.05) is 0 Å². The molecule has 2 unspecified atom stereocenters. The van der Waals surface area contributed by atoms with Gasteiger partial charge in [-0.3, -0.25) is 4.79 Å². The monoisotopic (exact) mass is 124 g/mol. The molecule has 0 aromatic carbocycles. The molecule has 1 fully saturated rings. The van der Waals surface area contributed by atoms with Crippen molar-refractivity contribution in [1.82, 2.24) is 0 Å². The Hall–Kier alpha value is -0.590. The van der Waals surface area contributed by atoms with Crippen molar-refractivity contribution in [2.24, 2.45) is 11.8 Å². The zero-order valence-corrected chi connectivity index (χ0v) is 5.98. The summed E-state index contributed by atoms with van der Waals surface area (Å²) >= 11 is 0. The third-order valence-corrected chi connectivity index (χ3v) is 2.30. The molecule has 0 spiro atoms. The fourth-order valence-corrected chi connectivity index (χ4v) is 1.18. The first kappa shape index (κ1) is 6.53. The van der Waals surface area contributed by atoms with Gasteiger partial charge in [-0.1, -0.05) is 26.0 Å². The normalized spacial score (nSPS) is 35.8. The summed E-state index contributed by atoms with van der Waals surface area (Å²) in [6.07, 6.45) is 0.613. The molecule has 0 amide bonds. The Morgan fingerprint density at radius 3 is 2.11 bits per heavy atom. The summed E-state index contributed by atoms with van der Waals surface area (Å²) in [7, 11) is 0. The number of hydrogen-bond acceptors (Lipinski definition) is 1. The molecule has 0 N–H and O–H groups in total. The van der Waals surface area contributed by atoms with Gasteiger partial charge in [0.2, 0.25) is 0 Å². The molecule has 0 aliphatic heterocycles. The maximum atomic E-state index is 10.9. The Bertz CT molecular complexity index is 140. The summed E-state index contributed by atoms with van der Waals surface area (Å²) in [4.78, 5) is 10.9. The number of rotatable bonds is 0. The number of hydrogen-bond donors (Lipinski definition) is 0. The average Bonchev–Trinajstić information content (AvgIpc) is 1.98. The van der Waals surface area contributed by atoms with Crippen LogP contribution >= 0.6 is 0 Å². The van der Waals surface area contributed by atoms with Crippen LogP contribution in [0.15, 0.2) is 12.2 Å². The minimum Gasteiger partial charge on any atom is -0.299 e. The van der Waals surface area contributed by atoms with Gasteiger partial charge >= 0.3 is 0 Å². The molecular formula is C8H12O. The van der Waals surface area contributed by atoms with Gasteiger partial charge in [-0.05, 0) is 5.92 Å². The van der Waals surface area contributed by atoms with E-state index in [1.165, 1.54) is 0 Å². The number of Topliss-reactive ketones (excluding diaryl/α,β-unsaturated/α-hetero) is 1. The first-order chi connectivity index (χ1) is 4.13. The molecule has 0 aromatic heterocycles. The van der Waals surface area contributed by atoms with E-state index in [1.807, 2.05) is 6.92 Å². The van der Waals surface area contributed by atoms with Crippen LogP contribution in [0.2, 0.25) is 0 Å². The maximum absolute atomic E-state index is 10.9. The summed E-state index contributed by atoms with van der Waals surface area (Å²) in [5.41, 5.74) is 1.10. The van der Waals surface area contributed by atoms with Crippen molar-refractivity contribution < 1.29 is 4.79 Å². The highest BCUT2D eigenvalue weighted by atomic mass is 16.1. The van der Waals surface area contributed by atoms with Crippen LogP contribution in [0, 0.1) is 11.8 Å². The quantitative estimate of drug-likeness (QED) is 0.450. The third kappa shape index (κ3) is 0.913. The standard InChI is InChI=1S/C8H12O/c1-5-4-8(9)7(3)6(5)2/h6-7H,1,4H2,2-3H3. The van der Waals surface area contributed by atoms with Crippen molar-refractivity contribution in [3.05, 3.63) is 12.2 Å². The molecule has 1 heteroatoms. The van der Waals surface area contributed by atoms with E-state index < -0.39 is 0 Å². The number of carbonyl (C=O) groups is 1. The van der Waals surface area contributed by atoms with Crippen molar-refractivity contribution in [3.63, 3.8) is 0 Å². The molecule has 50 valence electrons. The van der Waals surface area contributed by atoms with Crippen LogP contribution in [0.3, 0.4) is 0 Å². The molecule has 0 heterocycles. The molecule has 0 aromatic rings. The van der Waals surface area contributed by atoms with Crippen molar-refractivity contribution in [3.8, 4) is 0 Å². The molecule has 1 saturated carbocycles. The highest BCUT2D eigenvalue weighted by molar-refractivity contribution is 5.86. The third-order valence-electron chi connectivity index (χ3n) is 2.30. The number of carbonyl (C=O) groups excluding carboxylic acids is 1. The molecule has 9 heavy (non-hydrogen) atoms. The zero-order chi connectivity index (χ0) is 7.02. The summed E-state index contributed by atoms with van der Waals surface area (Å²) in [6, 6.07) is 0. The van der Waals surface area contributed by atoms with Gasteiger partial charge < -0.3 is 0 Å². The molecule has 1 nitrogen and oxygen atoms in total. The van der Waals surface area contributed by atoms with Gasteiger partial charge in [0, 0.05) is 12.3 Å². The van der Waals surface area contributed by atoms with E-state index in [2.05, 4.69) is 13.5 Å². The lowest BCUT2D eigenvalue weighted by Gasteiger charge is -2.05. The van der Waals surface area contributed by atoms with Crippen LogP contribution in [0.5, 0.6) is 0 Å². The lowest BCUT2D eigenvalue weighted by atomic mass is 9.98. The van der Waals surface area contributed by atoms with Gasteiger partial charge in [-0.15, -0.1) is 0 Å². The largest absolute Gasteiger partial charge is 0.299 e. The van der Waals surface area contributed by atoms with Gasteiger partial charge in [0.15, 0.2) is 0 Å². The zero-order valence-electron chi connectivity index (χ0n) is 5.98. The second kappa shape index (κ2) is 1.98. The molecule has 1 aliphatic carbocycles. The van der Waals surface area contributed by atoms with E-state index in [1.54, 1.807) is 0 Å². The molecule has 0 bridgehead atoms. The molecule has 1 rings (SSSR count). The Morgan fingerprint density at radius 1 is 1.44 bits per heavy atom. The summed E-state index contributed by atoms with van der Waals surface area (Å²) in [5.74, 6) is 0.988. The van der Waals surface area contributed by atoms with Crippen LogP contribution in [0.25, 0.3) is 0 Å².